The molecule has 0 aliphatic carbocycles. The molecule has 0 aromatic heterocycles. The van der Waals surface area contributed by atoms with E-state index in [2.05, 4.69) is 27.9 Å². The fourth-order valence-corrected chi connectivity index (χ4v) is 4.70. The van der Waals surface area contributed by atoms with Crippen LogP contribution in [0.4, 0.5) is 5.69 Å². The summed E-state index contributed by atoms with van der Waals surface area (Å²) in [4.78, 5) is 28.1. The molecule has 0 fully saturated rings. The maximum atomic E-state index is 13.6. The molecule has 2 aromatic rings. The molecule has 2 rings (SSSR count). The third kappa shape index (κ3) is 8.13. The molecule has 1 N–H and O–H groups in total. The van der Waals surface area contributed by atoms with Crippen molar-refractivity contribution in [2.75, 3.05) is 17.1 Å². The van der Waals surface area contributed by atoms with Crippen LogP contribution >= 0.6 is 34.2 Å². The highest BCUT2D eigenvalue weighted by Gasteiger charge is 2.32. The van der Waals surface area contributed by atoms with Gasteiger partial charge in [-0.1, -0.05) is 37.6 Å². The van der Waals surface area contributed by atoms with Crippen molar-refractivity contribution in [2.24, 2.45) is 0 Å². The molecule has 34 heavy (non-hydrogen) atoms. The molecule has 0 saturated carbocycles. The van der Waals surface area contributed by atoms with Crippen molar-refractivity contribution in [3.8, 4) is 0 Å². The fraction of sp³-hybridized carbons (Fsp3) is 0.417. The van der Waals surface area contributed by atoms with Crippen LogP contribution in [0, 0.1) is 3.57 Å². The van der Waals surface area contributed by atoms with Crippen LogP contribution in [0.1, 0.15) is 39.2 Å². The summed E-state index contributed by atoms with van der Waals surface area (Å²) in [6.07, 6.45) is 2.20. The number of nitrogens with zero attached hydrogens (tertiary/aromatic N) is 2. The van der Waals surface area contributed by atoms with Crippen molar-refractivity contribution < 1.29 is 18.0 Å². The summed E-state index contributed by atoms with van der Waals surface area (Å²) < 4.78 is 27.2. The van der Waals surface area contributed by atoms with Crippen LogP contribution in [0.25, 0.3) is 0 Å². The van der Waals surface area contributed by atoms with E-state index in [1.54, 1.807) is 48.5 Å². The van der Waals surface area contributed by atoms with Crippen LogP contribution in [0.15, 0.2) is 48.5 Å². The Labute approximate surface area is 221 Å². The minimum atomic E-state index is -3.75. The maximum absolute atomic E-state index is 13.6. The molecule has 2 amide bonds. The van der Waals surface area contributed by atoms with Gasteiger partial charge >= 0.3 is 0 Å². The number of nitrogens with one attached hydrogen (secondary N) is 1. The number of halogens is 2. The van der Waals surface area contributed by atoms with Crippen molar-refractivity contribution in [3.63, 3.8) is 0 Å². The highest BCUT2D eigenvalue weighted by molar-refractivity contribution is 14.1. The van der Waals surface area contributed by atoms with Gasteiger partial charge in [-0.15, -0.1) is 0 Å². The van der Waals surface area contributed by atoms with E-state index in [-0.39, 0.29) is 18.5 Å². The first-order valence-corrected chi connectivity index (χ1v) is 14.3. The molecular weight excluding hydrogens is 589 g/mol. The second-order valence-corrected chi connectivity index (χ2v) is 11.7. The van der Waals surface area contributed by atoms with E-state index < -0.39 is 28.5 Å². The van der Waals surface area contributed by atoms with Crippen LogP contribution < -0.4 is 9.62 Å². The Kier molecular flexibility index (Phi) is 10.6. The molecule has 0 bridgehead atoms. The summed E-state index contributed by atoms with van der Waals surface area (Å²) in [5.41, 5.74) is 1.17. The summed E-state index contributed by atoms with van der Waals surface area (Å²) in [5, 5.41) is 3.51. The van der Waals surface area contributed by atoms with Gasteiger partial charge in [-0.05, 0) is 84.3 Å². The lowest BCUT2D eigenvalue weighted by atomic mass is 10.1. The van der Waals surface area contributed by atoms with E-state index in [4.69, 9.17) is 11.6 Å². The summed E-state index contributed by atoms with van der Waals surface area (Å²) in [6.45, 7) is 5.43. The fourth-order valence-electron chi connectivity index (χ4n) is 3.37. The van der Waals surface area contributed by atoms with Gasteiger partial charge in [0.15, 0.2) is 0 Å². The second kappa shape index (κ2) is 12.7. The predicted octanol–water partition coefficient (Wildman–Crippen LogP) is 4.43. The van der Waals surface area contributed by atoms with Crippen LogP contribution in [0.5, 0.6) is 0 Å². The standard InChI is InChI=1S/C24H31ClIN3O4S/c1-5-17(3)27-24(31)22(6-2)28(15-18-7-9-19(25)10-8-18)23(30)16-29(34(4,32)33)21-13-11-20(26)12-14-21/h7-14,17,22H,5-6,15-16H2,1-4H3,(H,27,31)/t17-,22-/m1/s1. The summed E-state index contributed by atoms with van der Waals surface area (Å²) in [7, 11) is -3.75. The van der Waals surface area contributed by atoms with E-state index in [9.17, 15) is 18.0 Å². The number of amides is 2. The Morgan fingerprint density at radius 1 is 1.03 bits per heavy atom. The first kappa shape index (κ1) is 28.4. The first-order chi connectivity index (χ1) is 16.0. The van der Waals surface area contributed by atoms with Gasteiger partial charge in [-0.3, -0.25) is 13.9 Å². The second-order valence-electron chi connectivity index (χ2n) is 8.14. The van der Waals surface area contributed by atoms with Gasteiger partial charge in [0.1, 0.15) is 12.6 Å². The minimum Gasteiger partial charge on any atom is -0.352 e. The van der Waals surface area contributed by atoms with Crippen molar-refractivity contribution in [1.82, 2.24) is 10.2 Å². The van der Waals surface area contributed by atoms with Crippen LogP contribution in [-0.2, 0) is 26.2 Å². The molecular formula is C24H31ClIN3O4S. The molecule has 0 saturated heterocycles. The van der Waals surface area contributed by atoms with Crippen molar-refractivity contribution in [2.45, 2.75) is 52.2 Å². The molecule has 0 aliphatic rings. The normalized spacial score (nSPS) is 13.1. The molecule has 0 radical (unpaired) electrons. The van der Waals surface area contributed by atoms with Crippen LogP contribution in [0.2, 0.25) is 5.02 Å². The maximum Gasteiger partial charge on any atom is 0.244 e. The van der Waals surface area contributed by atoms with Crippen LogP contribution in [0.3, 0.4) is 0 Å². The molecule has 7 nitrogen and oxygen atoms in total. The zero-order valence-corrected chi connectivity index (χ0v) is 23.5. The van der Waals surface area contributed by atoms with Gasteiger partial charge in [0.05, 0.1) is 11.9 Å². The third-order valence-electron chi connectivity index (χ3n) is 5.45. The number of hydrogen-bond acceptors (Lipinski definition) is 4. The highest BCUT2D eigenvalue weighted by atomic mass is 127. The monoisotopic (exact) mass is 619 g/mol. The number of benzene rings is 2. The van der Waals surface area contributed by atoms with Crippen molar-refractivity contribution >= 4 is 61.7 Å². The molecule has 186 valence electrons. The smallest absolute Gasteiger partial charge is 0.244 e. The lowest BCUT2D eigenvalue weighted by molar-refractivity contribution is -0.140. The molecule has 10 heteroatoms. The summed E-state index contributed by atoms with van der Waals surface area (Å²) in [5.74, 6) is -0.732. The first-order valence-electron chi connectivity index (χ1n) is 11.0. The topological polar surface area (TPSA) is 86.8 Å². The van der Waals surface area contributed by atoms with Crippen molar-refractivity contribution in [3.05, 3.63) is 62.7 Å². The number of sulfonamides is 1. The van der Waals surface area contributed by atoms with E-state index in [0.29, 0.717) is 17.1 Å². The minimum absolute atomic E-state index is 0.0478. The number of carbonyl (C=O) groups excluding carboxylic acids is 2. The largest absolute Gasteiger partial charge is 0.352 e. The van der Waals surface area contributed by atoms with Gasteiger partial charge in [-0.2, -0.15) is 0 Å². The predicted molar refractivity (Wildman–Crippen MR) is 145 cm³/mol. The Bertz CT molecular complexity index is 1080. The Morgan fingerprint density at radius 3 is 2.12 bits per heavy atom. The number of carbonyl (C=O) groups is 2. The molecule has 2 atom stereocenters. The average Bonchev–Trinajstić information content (AvgIpc) is 2.78. The number of rotatable bonds is 11. The molecule has 0 heterocycles. The molecule has 0 unspecified atom stereocenters. The zero-order valence-electron chi connectivity index (χ0n) is 19.8. The lowest BCUT2D eigenvalue weighted by Gasteiger charge is -2.33. The molecule has 2 aromatic carbocycles. The van der Waals surface area contributed by atoms with E-state index in [1.807, 2.05) is 20.8 Å². The Hall–Kier alpha value is -1.85. The lowest BCUT2D eigenvalue weighted by Crippen LogP contribution is -2.53. The molecule has 0 aliphatic heterocycles. The average molecular weight is 620 g/mol. The van der Waals surface area contributed by atoms with Gasteiger partial charge in [-0.25, -0.2) is 8.42 Å². The summed E-state index contributed by atoms with van der Waals surface area (Å²) >= 11 is 8.13. The number of anilines is 1. The highest BCUT2D eigenvalue weighted by Crippen LogP contribution is 2.21. The Morgan fingerprint density at radius 2 is 1.62 bits per heavy atom. The van der Waals surface area contributed by atoms with E-state index in [1.165, 1.54) is 4.90 Å². The summed E-state index contributed by atoms with van der Waals surface area (Å²) in [6, 6.07) is 13.1. The van der Waals surface area contributed by atoms with Crippen molar-refractivity contribution in [1.29, 1.82) is 0 Å². The van der Waals surface area contributed by atoms with E-state index >= 15 is 0 Å². The van der Waals surface area contributed by atoms with Gasteiger partial charge in [0.2, 0.25) is 21.8 Å². The van der Waals surface area contributed by atoms with Gasteiger partial charge in [0, 0.05) is 21.2 Å². The number of hydrogen-bond donors (Lipinski definition) is 1. The zero-order chi connectivity index (χ0) is 25.5. The third-order valence-corrected chi connectivity index (χ3v) is 7.56. The Balaban J connectivity index is 2.41. The van der Waals surface area contributed by atoms with Gasteiger partial charge in [0.25, 0.3) is 0 Å². The van der Waals surface area contributed by atoms with Gasteiger partial charge < -0.3 is 10.2 Å². The van der Waals surface area contributed by atoms with E-state index in [0.717, 1.165) is 26.1 Å². The quantitative estimate of drug-likeness (QED) is 0.377. The van der Waals surface area contributed by atoms with Crippen LogP contribution in [-0.4, -0.2) is 50.0 Å². The molecule has 0 spiro atoms. The SMILES string of the molecule is CC[C@@H](C)NC(=O)[C@@H](CC)N(Cc1ccc(Cl)cc1)C(=O)CN(c1ccc(I)cc1)S(C)(=O)=O.